The van der Waals surface area contributed by atoms with Crippen molar-refractivity contribution < 1.29 is 9.90 Å². The first kappa shape index (κ1) is 15.6. The molecule has 4 rings (SSSR count). The van der Waals surface area contributed by atoms with E-state index in [-0.39, 0.29) is 17.9 Å². The van der Waals surface area contributed by atoms with Crippen LogP contribution in [0.3, 0.4) is 0 Å². The average Bonchev–Trinajstić information content (AvgIpc) is 3.19. The van der Waals surface area contributed by atoms with Gasteiger partial charge in [0.15, 0.2) is 0 Å². The quantitative estimate of drug-likeness (QED) is 0.935. The van der Waals surface area contributed by atoms with Crippen molar-refractivity contribution in [2.24, 2.45) is 5.92 Å². The molecule has 1 saturated heterocycles. The molecule has 1 amide bonds. The predicted molar refractivity (Wildman–Crippen MR) is 95.8 cm³/mol. The van der Waals surface area contributed by atoms with E-state index in [1.54, 1.807) is 0 Å². The number of carbonyl (C=O) groups is 1. The lowest BCUT2D eigenvalue weighted by atomic mass is 9.96. The molecule has 2 aliphatic rings. The Kier molecular flexibility index (Phi) is 3.65. The van der Waals surface area contributed by atoms with Crippen LogP contribution >= 0.6 is 0 Å². The van der Waals surface area contributed by atoms with Gasteiger partial charge in [-0.1, -0.05) is 42.5 Å². The van der Waals surface area contributed by atoms with E-state index in [0.717, 1.165) is 25.8 Å². The van der Waals surface area contributed by atoms with E-state index < -0.39 is 5.60 Å². The van der Waals surface area contributed by atoms with Gasteiger partial charge < -0.3 is 10.0 Å². The molecule has 3 heteroatoms. The van der Waals surface area contributed by atoms with Gasteiger partial charge in [-0.15, -0.1) is 0 Å². The summed E-state index contributed by atoms with van der Waals surface area (Å²) in [6, 6.07) is 14.9. The second-order valence-electron chi connectivity index (χ2n) is 7.90. The minimum atomic E-state index is -0.820. The van der Waals surface area contributed by atoms with Gasteiger partial charge in [-0.05, 0) is 55.4 Å². The molecule has 1 N–H and O–H groups in total. The van der Waals surface area contributed by atoms with Crippen LogP contribution in [-0.4, -0.2) is 34.1 Å². The van der Waals surface area contributed by atoms with Gasteiger partial charge in [-0.2, -0.15) is 0 Å². The summed E-state index contributed by atoms with van der Waals surface area (Å²) in [5.74, 6) is 0.664. The van der Waals surface area contributed by atoms with Crippen molar-refractivity contribution in [1.82, 2.24) is 4.90 Å². The summed E-state index contributed by atoms with van der Waals surface area (Å²) in [4.78, 5) is 14.9. The fourth-order valence-electron chi connectivity index (χ4n) is 4.25. The Balaban J connectivity index is 1.51. The molecule has 0 bridgehead atoms. The Morgan fingerprint density at radius 1 is 1.17 bits per heavy atom. The number of aliphatic hydroxyl groups is 1. The maximum atomic E-state index is 12.9. The van der Waals surface area contributed by atoms with E-state index in [0.29, 0.717) is 5.92 Å². The van der Waals surface area contributed by atoms with Crippen LogP contribution in [-0.2, 0) is 4.79 Å². The number of likely N-dealkylation sites (tertiary alicyclic amines) is 1. The van der Waals surface area contributed by atoms with Crippen molar-refractivity contribution in [3.63, 3.8) is 0 Å². The van der Waals surface area contributed by atoms with E-state index in [1.807, 2.05) is 18.7 Å². The molecule has 126 valence electrons. The summed E-state index contributed by atoms with van der Waals surface area (Å²) in [5, 5.41) is 12.8. The number of carbonyl (C=O) groups excluding carboxylic acids is 1. The van der Waals surface area contributed by atoms with Crippen molar-refractivity contribution in [3.8, 4) is 0 Å². The Labute approximate surface area is 143 Å². The second-order valence-corrected chi connectivity index (χ2v) is 7.90. The van der Waals surface area contributed by atoms with Crippen molar-refractivity contribution in [3.05, 3.63) is 48.0 Å². The van der Waals surface area contributed by atoms with Crippen molar-refractivity contribution >= 4 is 16.7 Å². The molecule has 2 aromatic carbocycles. The zero-order valence-electron chi connectivity index (χ0n) is 14.4. The topological polar surface area (TPSA) is 40.5 Å². The van der Waals surface area contributed by atoms with Crippen molar-refractivity contribution in [2.45, 2.75) is 50.7 Å². The predicted octanol–water partition coefficient (Wildman–Crippen LogP) is 3.71. The van der Waals surface area contributed by atoms with Gasteiger partial charge in [0.05, 0.1) is 11.6 Å². The molecular weight excluding hydrogens is 298 g/mol. The molecule has 3 atom stereocenters. The Bertz CT molecular complexity index is 777. The highest BCUT2D eigenvalue weighted by Gasteiger charge is 2.49. The molecule has 3 unspecified atom stereocenters. The third-order valence-electron chi connectivity index (χ3n) is 5.66. The number of hydrogen-bond acceptors (Lipinski definition) is 2. The van der Waals surface area contributed by atoms with Gasteiger partial charge >= 0.3 is 0 Å². The summed E-state index contributed by atoms with van der Waals surface area (Å²) in [6.45, 7) is 4.42. The van der Waals surface area contributed by atoms with Crippen LogP contribution in [0.5, 0.6) is 0 Å². The van der Waals surface area contributed by atoms with Crippen molar-refractivity contribution in [2.75, 3.05) is 6.54 Å². The van der Waals surface area contributed by atoms with Gasteiger partial charge in [0.25, 0.3) is 0 Å². The molecule has 1 aliphatic carbocycles. The lowest BCUT2D eigenvalue weighted by Crippen LogP contribution is -2.48. The van der Waals surface area contributed by atoms with E-state index in [2.05, 4.69) is 42.5 Å². The molecule has 3 nitrogen and oxygen atoms in total. The third-order valence-corrected chi connectivity index (χ3v) is 5.66. The first-order valence-corrected chi connectivity index (χ1v) is 8.97. The number of nitrogens with zero attached hydrogens (tertiary/aromatic N) is 1. The fraction of sp³-hybridized carbons (Fsp3) is 0.476. The fourth-order valence-corrected chi connectivity index (χ4v) is 4.25. The normalized spacial score (nSPS) is 26.8. The minimum Gasteiger partial charge on any atom is -0.388 e. The molecule has 24 heavy (non-hydrogen) atoms. The summed E-state index contributed by atoms with van der Waals surface area (Å²) >= 11 is 0. The number of amides is 1. The van der Waals surface area contributed by atoms with Crippen LogP contribution in [0.15, 0.2) is 42.5 Å². The molecule has 0 spiro atoms. The summed E-state index contributed by atoms with van der Waals surface area (Å²) < 4.78 is 0. The Morgan fingerprint density at radius 3 is 2.67 bits per heavy atom. The van der Waals surface area contributed by atoms with Crippen LogP contribution in [0.25, 0.3) is 10.8 Å². The lowest BCUT2D eigenvalue weighted by Gasteiger charge is -2.34. The molecule has 1 heterocycles. The van der Waals surface area contributed by atoms with Gasteiger partial charge in [0.2, 0.25) is 5.91 Å². The van der Waals surface area contributed by atoms with Crippen LogP contribution < -0.4 is 0 Å². The van der Waals surface area contributed by atoms with Gasteiger partial charge in [0, 0.05) is 12.5 Å². The summed E-state index contributed by atoms with van der Waals surface area (Å²) in [5.41, 5.74) is 0.450. The first-order chi connectivity index (χ1) is 11.4. The van der Waals surface area contributed by atoms with Crippen LogP contribution in [0, 0.1) is 5.92 Å². The van der Waals surface area contributed by atoms with Crippen LogP contribution in [0.1, 0.15) is 44.6 Å². The Hall–Kier alpha value is -1.87. The highest BCUT2D eigenvalue weighted by atomic mass is 16.3. The zero-order valence-corrected chi connectivity index (χ0v) is 14.4. The molecule has 1 saturated carbocycles. The SMILES string of the molecule is CC(C)(O)C1CCCN1C(=O)C1CC1c1ccc2ccccc2c1. The van der Waals surface area contributed by atoms with Crippen molar-refractivity contribution in [1.29, 1.82) is 0 Å². The molecule has 1 aliphatic heterocycles. The number of fused-ring (bicyclic) bond motifs is 1. The van der Waals surface area contributed by atoms with Gasteiger partial charge in [0.1, 0.15) is 0 Å². The summed E-state index contributed by atoms with van der Waals surface area (Å²) in [6.07, 6.45) is 2.84. The summed E-state index contributed by atoms with van der Waals surface area (Å²) in [7, 11) is 0. The molecule has 0 aromatic heterocycles. The monoisotopic (exact) mass is 323 g/mol. The molecule has 2 aromatic rings. The Morgan fingerprint density at radius 2 is 1.92 bits per heavy atom. The molecule has 2 fully saturated rings. The first-order valence-electron chi connectivity index (χ1n) is 8.97. The van der Waals surface area contributed by atoms with Crippen LogP contribution in [0.4, 0.5) is 0 Å². The van der Waals surface area contributed by atoms with Gasteiger partial charge in [-0.25, -0.2) is 0 Å². The lowest BCUT2D eigenvalue weighted by molar-refractivity contribution is -0.138. The molecular formula is C21H25NO2. The zero-order chi connectivity index (χ0) is 16.9. The smallest absolute Gasteiger partial charge is 0.226 e. The number of rotatable bonds is 3. The highest BCUT2D eigenvalue weighted by molar-refractivity contribution is 5.86. The molecule has 0 radical (unpaired) electrons. The number of benzene rings is 2. The number of hydrogen-bond donors (Lipinski definition) is 1. The second kappa shape index (κ2) is 5.59. The standard InChI is InChI=1S/C21H25NO2/c1-21(2,24)19-8-5-11-22(19)20(23)18-13-17(18)16-10-9-14-6-3-4-7-15(14)12-16/h3-4,6-7,9-10,12,17-19,24H,5,8,11,13H2,1-2H3. The third kappa shape index (κ3) is 2.71. The van der Waals surface area contributed by atoms with E-state index in [1.165, 1.54) is 16.3 Å². The van der Waals surface area contributed by atoms with Crippen LogP contribution in [0.2, 0.25) is 0 Å². The largest absolute Gasteiger partial charge is 0.388 e. The maximum absolute atomic E-state index is 12.9. The minimum absolute atomic E-state index is 0.0390. The highest BCUT2D eigenvalue weighted by Crippen LogP contribution is 2.50. The maximum Gasteiger partial charge on any atom is 0.226 e. The van der Waals surface area contributed by atoms with E-state index >= 15 is 0 Å². The van der Waals surface area contributed by atoms with E-state index in [9.17, 15) is 9.90 Å². The van der Waals surface area contributed by atoms with Gasteiger partial charge in [-0.3, -0.25) is 4.79 Å². The average molecular weight is 323 g/mol. The van der Waals surface area contributed by atoms with E-state index in [4.69, 9.17) is 0 Å².